The van der Waals surface area contributed by atoms with Gasteiger partial charge >= 0.3 is 5.97 Å². The van der Waals surface area contributed by atoms with E-state index in [4.69, 9.17) is 9.47 Å². The molecular formula is C49H74N6O11. The van der Waals surface area contributed by atoms with Gasteiger partial charge in [0, 0.05) is 65.9 Å². The summed E-state index contributed by atoms with van der Waals surface area (Å²) < 4.78 is 11.9. The van der Waals surface area contributed by atoms with Crippen molar-refractivity contribution in [3.8, 4) is 0 Å². The average molecular weight is 923 g/mol. The minimum atomic E-state index is -1.18. The van der Waals surface area contributed by atoms with Crippen LogP contribution in [0.5, 0.6) is 0 Å². The van der Waals surface area contributed by atoms with E-state index in [1.165, 1.54) is 31.3 Å². The molecule has 7 amide bonds. The summed E-state index contributed by atoms with van der Waals surface area (Å²) in [6.45, 7) is 12.2. The Morgan fingerprint density at radius 2 is 1.56 bits per heavy atom. The smallest absolute Gasteiger partial charge is 0.326 e. The number of aliphatic carboxylic acids is 1. The van der Waals surface area contributed by atoms with Gasteiger partial charge in [-0.25, -0.2) is 4.79 Å². The number of carbonyl (C=O) groups is 8. The van der Waals surface area contributed by atoms with Crippen molar-refractivity contribution in [3.05, 3.63) is 48.0 Å². The second-order valence-corrected chi connectivity index (χ2v) is 18.8. The van der Waals surface area contributed by atoms with Crippen LogP contribution in [0.1, 0.15) is 111 Å². The SMILES string of the molecule is CC[C@H](C)[C@@H]([C@@H](CC(=O)N1CCCC1[C@H](OC)[C@@H](C)C(=O)N[C@@H](Cc1ccccc1)C(=O)O)OC)N(C)C(=O)[C@@H](NC(=O)[C@]1(C)CCCN1C(=O)CCCCCN1C(=O)C=CC1=O)C(C)C. The number of likely N-dealkylation sites (N-methyl/N-ethyl adjacent to an activating group) is 1. The van der Waals surface area contributed by atoms with Gasteiger partial charge in [-0.1, -0.05) is 77.8 Å². The molecule has 2 fully saturated rings. The summed E-state index contributed by atoms with van der Waals surface area (Å²) >= 11 is 0. The third-order valence-corrected chi connectivity index (χ3v) is 14.0. The van der Waals surface area contributed by atoms with E-state index in [0.717, 1.165) is 5.56 Å². The van der Waals surface area contributed by atoms with Gasteiger partial charge in [-0.05, 0) is 62.8 Å². The predicted molar refractivity (Wildman–Crippen MR) is 246 cm³/mol. The molecule has 9 atom stereocenters. The molecule has 0 bridgehead atoms. The zero-order valence-corrected chi connectivity index (χ0v) is 40.5. The Balaban J connectivity index is 1.41. The number of methoxy groups -OCH3 is 2. The largest absolute Gasteiger partial charge is 0.480 e. The van der Waals surface area contributed by atoms with Gasteiger partial charge in [0.25, 0.3) is 11.8 Å². The van der Waals surface area contributed by atoms with Crippen LogP contribution in [0.25, 0.3) is 0 Å². The molecular weight excluding hydrogens is 849 g/mol. The Morgan fingerprint density at radius 3 is 2.15 bits per heavy atom. The van der Waals surface area contributed by atoms with Crippen LogP contribution in [0, 0.1) is 17.8 Å². The number of nitrogens with zero attached hydrogens (tertiary/aromatic N) is 4. The zero-order valence-electron chi connectivity index (χ0n) is 40.5. The van der Waals surface area contributed by atoms with Crippen molar-refractivity contribution >= 4 is 47.3 Å². The van der Waals surface area contributed by atoms with E-state index in [1.807, 2.05) is 33.8 Å². The number of unbranched alkanes of at least 4 members (excludes halogenated alkanes) is 2. The number of hydrogen-bond acceptors (Lipinski definition) is 10. The Labute approximate surface area is 390 Å². The first kappa shape index (κ1) is 53.5. The van der Waals surface area contributed by atoms with Crippen molar-refractivity contribution in [2.75, 3.05) is 40.9 Å². The van der Waals surface area contributed by atoms with E-state index in [-0.39, 0.29) is 67.2 Å². The Kier molecular flexibility index (Phi) is 19.9. The molecule has 0 radical (unpaired) electrons. The molecule has 3 aliphatic heterocycles. The molecule has 66 heavy (non-hydrogen) atoms. The van der Waals surface area contributed by atoms with Gasteiger partial charge in [-0.15, -0.1) is 0 Å². The van der Waals surface area contributed by atoms with Crippen LogP contribution in [0.2, 0.25) is 0 Å². The molecule has 3 aliphatic rings. The Hall–Kier alpha value is -5.16. The van der Waals surface area contributed by atoms with E-state index in [1.54, 1.807) is 59.9 Å². The summed E-state index contributed by atoms with van der Waals surface area (Å²) in [6, 6.07) is 5.88. The molecule has 4 rings (SSSR count). The fourth-order valence-corrected chi connectivity index (χ4v) is 9.80. The van der Waals surface area contributed by atoms with E-state index < -0.39 is 65.6 Å². The highest BCUT2D eigenvalue weighted by Crippen LogP contribution is 2.32. The van der Waals surface area contributed by atoms with Crippen LogP contribution >= 0.6 is 0 Å². The standard InChI is InChI=1S/C49H74N6O11/c1-10-32(4)43(37(65-8)30-41(59)53-27-17-21-36(53)44(66-9)33(5)45(60)50-35(47(62)63)29-34-19-13-11-14-20-34)52(7)46(61)42(31(2)3)51-48(64)49(6)25-18-28-55(49)40(58)22-15-12-16-26-54-38(56)23-24-39(54)57/h11,13-14,19-20,23-24,31-33,35-37,42-44H,10,12,15-18,21-22,25-30H2,1-9H3,(H,50,60)(H,51,64)(H,62,63)/t32-,33+,35-,36?,37+,42-,43-,44+,49-/m0/s1. The zero-order chi connectivity index (χ0) is 48.9. The minimum Gasteiger partial charge on any atom is -0.480 e. The van der Waals surface area contributed by atoms with E-state index >= 15 is 0 Å². The van der Waals surface area contributed by atoms with Crippen LogP contribution in [0.15, 0.2) is 42.5 Å². The number of carboxylic acid groups (broad SMARTS) is 1. The number of hydrogen-bond donors (Lipinski definition) is 3. The number of nitrogens with one attached hydrogen (secondary N) is 2. The summed E-state index contributed by atoms with van der Waals surface area (Å²) in [6.07, 6.45) is 5.91. The highest BCUT2D eigenvalue weighted by Gasteiger charge is 2.48. The molecule has 0 spiro atoms. The van der Waals surface area contributed by atoms with Crippen molar-refractivity contribution in [2.45, 2.75) is 154 Å². The van der Waals surface area contributed by atoms with E-state index in [0.29, 0.717) is 64.5 Å². The Bertz CT molecular complexity index is 1890. The highest BCUT2D eigenvalue weighted by atomic mass is 16.5. The quantitative estimate of drug-likeness (QED) is 0.0950. The van der Waals surface area contributed by atoms with Gasteiger partial charge in [0.1, 0.15) is 17.6 Å². The number of rotatable bonds is 25. The van der Waals surface area contributed by atoms with Crippen LogP contribution in [-0.2, 0) is 54.3 Å². The summed E-state index contributed by atoms with van der Waals surface area (Å²) in [5, 5.41) is 15.6. The summed E-state index contributed by atoms with van der Waals surface area (Å²) in [4.78, 5) is 112. The number of benzene rings is 1. The second-order valence-electron chi connectivity index (χ2n) is 18.8. The van der Waals surface area contributed by atoms with Crippen molar-refractivity contribution in [1.29, 1.82) is 0 Å². The maximum Gasteiger partial charge on any atom is 0.326 e. The van der Waals surface area contributed by atoms with Gasteiger partial charge < -0.3 is 39.9 Å². The van der Waals surface area contributed by atoms with Crippen LogP contribution in [-0.4, -0.2) is 155 Å². The topological polar surface area (TPSA) is 212 Å². The van der Waals surface area contributed by atoms with Gasteiger partial charge in [0.2, 0.25) is 29.5 Å². The monoisotopic (exact) mass is 923 g/mol. The van der Waals surface area contributed by atoms with Crippen molar-refractivity contribution < 1.29 is 52.9 Å². The maximum absolute atomic E-state index is 14.6. The number of amides is 7. The third kappa shape index (κ3) is 13.0. The third-order valence-electron chi connectivity index (χ3n) is 14.0. The average Bonchev–Trinajstić information content (AvgIpc) is 4.03. The summed E-state index contributed by atoms with van der Waals surface area (Å²) in [7, 11) is 4.65. The predicted octanol–water partition coefficient (Wildman–Crippen LogP) is 3.73. The minimum absolute atomic E-state index is 0.0750. The lowest BCUT2D eigenvalue weighted by Gasteiger charge is -2.41. The Morgan fingerprint density at radius 1 is 0.894 bits per heavy atom. The highest BCUT2D eigenvalue weighted by molar-refractivity contribution is 6.12. The van der Waals surface area contributed by atoms with Crippen molar-refractivity contribution in [2.24, 2.45) is 17.8 Å². The number of carboxylic acids is 1. The summed E-state index contributed by atoms with van der Waals surface area (Å²) in [5.74, 6) is -4.76. The van der Waals surface area contributed by atoms with E-state index in [9.17, 15) is 43.5 Å². The van der Waals surface area contributed by atoms with E-state index in [2.05, 4.69) is 10.6 Å². The van der Waals surface area contributed by atoms with Crippen LogP contribution < -0.4 is 10.6 Å². The second kappa shape index (κ2) is 24.6. The normalized spacial score (nSPS) is 21.6. The van der Waals surface area contributed by atoms with Gasteiger partial charge in [0.15, 0.2) is 0 Å². The number of ether oxygens (including phenoxy) is 2. The lowest BCUT2D eigenvalue weighted by molar-refractivity contribution is -0.150. The first-order valence-corrected chi connectivity index (χ1v) is 23.6. The number of carbonyl (C=O) groups excluding carboxylic acids is 7. The fourth-order valence-electron chi connectivity index (χ4n) is 9.80. The van der Waals surface area contributed by atoms with Gasteiger partial charge in [0.05, 0.1) is 36.6 Å². The molecule has 1 aromatic carbocycles. The molecule has 0 saturated carbocycles. The summed E-state index contributed by atoms with van der Waals surface area (Å²) in [5.41, 5.74) is -0.411. The molecule has 0 aliphatic carbocycles. The molecule has 366 valence electrons. The van der Waals surface area contributed by atoms with Gasteiger partial charge in [-0.2, -0.15) is 0 Å². The number of likely N-dealkylation sites (tertiary alicyclic amines) is 2. The number of imide groups is 1. The maximum atomic E-state index is 14.6. The van der Waals surface area contributed by atoms with Crippen molar-refractivity contribution in [3.63, 3.8) is 0 Å². The molecule has 3 heterocycles. The van der Waals surface area contributed by atoms with Crippen LogP contribution in [0.4, 0.5) is 0 Å². The molecule has 17 nitrogen and oxygen atoms in total. The molecule has 0 aromatic heterocycles. The van der Waals surface area contributed by atoms with Crippen LogP contribution in [0.3, 0.4) is 0 Å². The molecule has 1 unspecified atom stereocenters. The van der Waals surface area contributed by atoms with Crippen molar-refractivity contribution in [1.82, 2.24) is 30.2 Å². The molecule has 2 saturated heterocycles. The fraction of sp³-hybridized carbons (Fsp3) is 0.673. The molecule has 17 heteroatoms. The first-order valence-electron chi connectivity index (χ1n) is 23.6. The first-order chi connectivity index (χ1) is 31.3. The lowest BCUT2D eigenvalue weighted by atomic mass is 9.89. The molecule has 3 N–H and O–H groups in total. The lowest BCUT2D eigenvalue weighted by Crippen LogP contribution is -2.62. The van der Waals surface area contributed by atoms with Gasteiger partial charge in [-0.3, -0.25) is 38.5 Å². The molecule has 1 aromatic rings.